The summed E-state index contributed by atoms with van der Waals surface area (Å²) in [4.78, 5) is 0. The number of hydrogen-bond acceptors (Lipinski definition) is 2. The normalized spacial score (nSPS) is 19.2. The van der Waals surface area contributed by atoms with Crippen LogP contribution in [0.2, 0.25) is 0 Å². The first kappa shape index (κ1) is 19.0. The maximum atomic E-state index is 5.84. The van der Waals surface area contributed by atoms with Crippen LogP contribution in [-0.2, 0) is 15.1 Å². The molecule has 0 spiro atoms. The van der Waals surface area contributed by atoms with E-state index in [0.717, 1.165) is 25.9 Å². The van der Waals surface area contributed by atoms with Gasteiger partial charge in [-0.05, 0) is 42.9 Å². The minimum absolute atomic E-state index is 0.156. The van der Waals surface area contributed by atoms with Crippen LogP contribution >= 0.6 is 0 Å². The van der Waals surface area contributed by atoms with Crippen LogP contribution in [0.1, 0.15) is 64.0 Å². The average Bonchev–Trinajstić information content (AvgIpc) is 2.64. The second-order valence-corrected chi connectivity index (χ2v) is 6.54. The highest BCUT2D eigenvalue weighted by Gasteiger charge is 2.28. The third-order valence-electron chi connectivity index (χ3n) is 5.44. The van der Waals surface area contributed by atoms with Gasteiger partial charge in [0.05, 0.1) is 11.7 Å². The van der Waals surface area contributed by atoms with Gasteiger partial charge >= 0.3 is 0 Å². The first-order chi connectivity index (χ1) is 11.6. The molecule has 0 radical (unpaired) electrons. The molecule has 2 heteroatoms. The second kappa shape index (κ2) is 8.64. The molecule has 2 atom stereocenters. The standard InChI is InChI=1S/C22H32O2/c1-6-22(7-2,23-5)20-13-9-18(10-14-20)17(4)19-11-15-21(16-12-19)24-8-3/h9-15,17,21H,6-8,16H2,1-5H3. The molecule has 0 aliphatic heterocycles. The predicted molar refractivity (Wildman–Crippen MR) is 101 cm³/mol. The molecular weight excluding hydrogens is 296 g/mol. The van der Waals surface area contributed by atoms with E-state index in [1.54, 1.807) is 0 Å². The maximum absolute atomic E-state index is 5.84. The molecule has 0 amide bonds. The van der Waals surface area contributed by atoms with Crippen molar-refractivity contribution in [2.45, 2.75) is 64.6 Å². The Morgan fingerprint density at radius 2 is 1.79 bits per heavy atom. The summed E-state index contributed by atoms with van der Waals surface area (Å²) in [6, 6.07) is 8.97. The SMILES string of the molecule is CCOC1C=CC(C(C)c2ccc(C(CC)(CC)OC)cc2)=CC1. The summed E-state index contributed by atoms with van der Waals surface area (Å²) in [5.41, 5.74) is 3.84. The number of hydrogen-bond donors (Lipinski definition) is 0. The van der Waals surface area contributed by atoms with Gasteiger partial charge in [-0.1, -0.05) is 63.3 Å². The molecule has 0 fully saturated rings. The number of rotatable bonds is 8. The molecule has 0 bridgehead atoms. The first-order valence-electron chi connectivity index (χ1n) is 9.25. The molecule has 0 saturated heterocycles. The van der Waals surface area contributed by atoms with Crippen molar-refractivity contribution in [3.05, 3.63) is 59.2 Å². The van der Waals surface area contributed by atoms with Crippen LogP contribution in [0.15, 0.2) is 48.1 Å². The fraction of sp³-hybridized carbons (Fsp3) is 0.545. The number of allylic oxidation sites excluding steroid dienone is 2. The van der Waals surface area contributed by atoms with E-state index >= 15 is 0 Å². The van der Waals surface area contributed by atoms with Crippen LogP contribution in [0.4, 0.5) is 0 Å². The van der Waals surface area contributed by atoms with Crippen molar-refractivity contribution >= 4 is 0 Å². The summed E-state index contributed by atoms with van der Waals surface area (Å²) in [6.07, 6.45) is 9.92. The lowest BCUT2D eigenvalue weighted by atomic mass is 9.84. The fourth-order valence-corrected chi connectivity index (χ4v) is 3.61. The minimum Gasteiger partial charge on any atom is -0.374 e. The van der Waals surface area contributed by atoms with Crippen LogP contribution in [0, 0.1) is 0 Å². The third kappa shape index (κ3) is 3.99. The van der Waals surface area contributed by atoms with Gasteiger partial charge in [0.2, 0.25) is 0 Å². The molecule has 1 aromatic carbocycles. The van der Waals surface area contributed by atoms with Gasteiger partial charge in [0.1, 0.15) is 0 Å². The zero-order chi connectivity index (χ0) is 17.6. The average molecular weight is 328 g/mol. The van der Waals surface area contributed by atoms with E-state index in [1.807, 2.05) is 14.0 Å². The van der Waals surface area contributed by atoms with Crippen LogP contribution in [0.3, 0.4) is 0 Å². The summed E-state index contributed by atoms with van der Waals surface area (Å²) in [6.45, 7) is 9.47. The molecule has 2 nitrogen and oxygen atoms in total. The maximum Gasteiger partial charge on any atom is 0.0922 e. The van der Waals surface area contributed by atoms with E-state index in [1.165, 1.54) is 16.7 Å². The molecule has 1 aliphatic rings. The molecule has 1 aromatic rings. The van der Waals surface area contributed by atoms with Crippen molar-refractivity contribution in [3.63, 3.8) is 0 Å². The van der Waals surface area contributed by atoms with Crippen LogP contribution < -0.4 is 0 Å². The topological polar surface area (TPSA) is 18.5 Å². The summed E-state index contributed by atoms with van der Waals surface area (Å²) in [5, 5.41) is 0. The van der Waals surface area contributed by atoms with E-state index in [-0.39, 0.29) is 11.7 Å². The van der Waals surface area contributed by atoms with Crippen LogP contribution in [0.25, 0.3) is 0 Å². The van der Waals surface area contributed by atoms with E-state index in [2.05, 4.69) is 63.3 Å². The lowest BCUT2D eigenvalue weighted by Gasteiger charge is -2.31. The Morgan fingerprint density at radius 3 is 2.25 bits per heavy atom. The minimum atomic E-state index is -0.156. The highest BCUT2D eigenvalue weighted by Crippen LogP contribution is 2.34. The second-order valence-electron chi connectivity index (χ2n) is 6.54. The van der Waals surface area contributed by atoms with Crippen molar-refractivity contribution in [1.82, 2.24) is 0 Å². The molecule has 0 saturated carbocycles. The Hall–Kier alpha value is -1.38. The van der Waals surface area contributed by atoms with Crippen molar-refractivity contribution in [1.29, 1.82) is 0 Å². The van der Waals surface area contributed by atoms with Crippen molar-refractivity contribution in [2.75, 3.05) is 13.7 Å². The van der Waals surface area contributed by atoms with Gasteiger partial charge in [-0.2, -0.15) is 0 Å². The predicted octanol–water partition coefficient (Wildman–Crippen LogP) is 5.74. The summed E-state index contributed by atoms with van der Waals surface area (Å²) < 4.78 is 11.5. The van der Waals surface area contributed by atoms with Gasteiger partial charge in [0.15, 0.2) is 0 Å². The third-order valence-corrected chi connectivity index (χ3v) is 5.44. The number of benzene rings is 1. The van der Waals surface area contributed by atoms with Gasteiger partial charge in [-0.25, -0.2) is 0 Å². The van der Waals surface area contributed by atoms with Gasteiger partial charge < -0.3 is 9.47 Å². The van der Waals surface area contributed by atoms with Crippen LogP contribution in [0.5, 0.6) is 0 Å². The van der Waals surface area contributed by atoms with E-state index in [4.69, 9.17) is 9.47 Å². The molecule has 2 unspecified atom stereocenters. The lowest BCUT2D eigenvalue weighted by Crippen LogP contribution is -2.26. The Balaban J connectivity index is 2.12. The molecule has 132 valence electrons. The van der Waals surface area contributed by atoms with Gasteiger partial charge in [0.25, 0.3) is 0 Å². The van der Waals surface area contributed by atoms with Crippen molar-refractivity contribution in [2.24, 2.45) is 0 Å². The highest BCUT2D eigenvalue weighted by molar-refractivity contribution is 5.38. The van der Waals surface area contributed by atoms with Crippen molar-refractivity contribution in [3.8, 4) is 0 Å². The van der Waals surface area contributed by atoms with Crippen LogP contribution in [-0.4, -0.2) is 19.8 Å². The molecular formula is C22H32O2. The van der Waals surface area contributed by atoms with Gasteiger partial charge in [-0.15, -0.1) is 0 Å². The van der Waals surface area contributed by atoms with E-state index in [0.29, 0.717) is 5.92 Å². The van der Waals surface area contributed by atoms with Gasteiger partial charge in [-0.3, -0.25) is 0 Å². The first-order valence-corrected chi connectivity index (χ1v) is 9.25. The molecule has 0 N–H and O–H groups in total. The number of ether oxygens (including phenoxy) is 2. The molecule has 0 heterocycles. The largest absolute Gasteiger partial charge is 0.374 e. The Kier molecular flexibility index (Phi) is 6.82. The van der Waals surface area contributed by atoms with E-state index < -0.39 is 0 Å². The van der Waals surface area contributed by atoms with Crippen molar-refractivity contribution < 1.29 is 9.47 Å². The zero-order valence-corrected chi connectivity index (χ0v) is 15.8. The lowest BCUT2D eigenvalue weighted by molar-refractivity contribution is -0.0217. The van der Waals surface area contributed by atoms with E-state index in [9.17, 15) is 0 Å². The fourth-order valence-electron chi connectivity index (χ4n) is 3.61. The Labute approximate surface area is 147 Å². The van der Waals surface area contributed by atoms with Gasteiger partial charge in [0, 0.05) is 19.6 Å². The molecule has 24 heavy (non-hydrogen) atoms. The summed E-state index contributed by atoms with van der Waals surface area (Å²) in [7, 11) is 1.82. The monoisotopic (exact) mass is 328 g/mol. The Bertz CT molecular complexity index is 556. The summed E-state index contributed by atoms with van der Waals surface area (Å²) in [5.74, 6) is 0.401. The smallest absolute Gasteiger partial charge is 0.0922 e. The molecule has 2 rings (SSSR count). The summed E-state index contributed by atoms with van der Waals surface area (Å²) >= 11 is 0. The zero-order valence-electron chi connectivity index (χ0n) is 15.8. The molecule has 0 aromatic heterocycles. The molecule has 1 aliphatic carbocycles. The Morgan fingerprint density at radius 1 is 1.12 bits per heavy atom. The quantitative estimate of drug-likeness (QED) is 0.605. The highest BCUT2D eigenvalue weighted by atomic mass is 16.5. The number of methoxy groups -OCH3 is 1.